The molecule has 0 aliphatic rings. The van der Waals surface area contributed by atoms with E-state index in [-0.39, 0.29) is 17.5 Å². The first-order chi connectivity index (χ1) is 13.5. The van der Waals surface area contributed by atoms with Crippen molar-refractivity contribution >= 4 is 46.2 Å². The van der Waals surface area contributed by atoms with Gasteiger partial charge in [-0.25, -0.2) is 0 Å². The summed E-state index contributed by atoms with van der Waals surface area (Å²) in [6, 6.07) is 15.0. The fourth-order valence-electron chi connectivity index (χ4n) is 2.82. The maximum Gasteiger partial charge on any atom is 0.179 e. The van der Waals surface area contributed by atoms with E-state index in [0.717, 1.165) is 15.3 Å². The van der Waals surface area contributed by atoms with Crippen LogP contribution in [0.5, 0.6) is 11.5 Å². The molecule has 146 valence electrons. The van der Waals surface area contributed by atoms with Crippen LogP contribution in [0.1, 0.15) is 26.9 Å². The van der Waals surface area contributed by atoms with Gasteiger partial charge in [0, 0.05) is 22.3 Å². The van der Waals surface area contributed by atoms with E-state index in [4.69, 9.17) is 26.8 Å². The highest BCUT2D eigenvalue weighted by Crippen LogP contribution is 2.47. The molecule has 1 heterocycles. The molecule has 0 aliphatic carbocycles. The molecule has 2 N–H and O–H groups in total. The Morgan fingerprint density at radius 3 is 2.57 bits per heavy atom. The second-order valence-electron chi connectivity index (χ2n) is 5.95. The van der Waals surface area contributed by atoms with E-state index in [0.29, 0.717) is 22.2 Å². The number of para-hydroxylation sites is 1. The average molecular weight is 434 g/mol. The normalized spacial score (nSPS) is 11.8. The van der Waals surface area contributed by atoms with Gasteiger partial charge in [-0.05, 0) is 35.2 Å². The molecule has 0 aliphatic heterocycles. The van der Waals surface area contributed by atoms with E-state index < -0.39 is 0 Å². The van der Waals surface area contributed by atoms with E-state index in [1.54, 1.807) is 20.3 Å². The highest BCUT2D eigenvalue weighted by Gasteiger charge is 2.25. The molecule has 0 amide bonds. The summed E-state index contributed by atoms with van der Waals surface area (Å²) in [5.41, 5.74) is 7.60. The van der Waals surface area contributed by atoms with Crippen LogP contribution < -0.4 is 15.2 Å². The van der Waals surface area contributed by atoms with Gasteiger partial charge in [-0.15, -0.1) is 23.1 Å². The number of hydrogen-bond donors (Lipinski definition) is 1. The summed E-state index contributed by atoms with van der Waals surface area (Å²) >= 11 is 9.60. The van der Waals surface area contributed by atoms with E-state index in [1.807, 2.05) is 47.8 Å². The Hall–Kier alpha value is -2.15. The summed E-state index contributed by atoms with van der Waals surface area (Å²) in [5, 5.41) is 2.10. The third-order valence-corrected chi connectivity index (χ3v) is 6.85. The van der Waals surface area contributed by atoms with Gasteiger partial charge in [0.15, 0.2) is 17.3 Å². The number of nitrogen functional groups attached to an aromatic ring is 1. The van der Waals surface area contributed by atoms with Gasteiger partial charge < -0.3 is 15.2 Å². The van der Waals surface area contributed by atoms with Crippen LogP contribution in [0.15, 0.2) is 58.8 Å². The molecule has 2 aromatic carbocycles. The molecule has 4 nitrogen and oxygen atoms in total. The zero-order chi connectivity index (χ0) is 20.1. The van der Waals surface area contributed by atoms with Crippen molar-refractivity contribution in [3.05, 3.63) is 69.4 Å². The lowest BCUT2D eigenvalue weighted by atomic mass is 10.1. The van der Waals surface area contributed by atoms with Crippen LogP contribution in [0.2, 0.25) is 5.02 Å². The molecule has 28 heavy (non-hydrogen) atoms. The average Bonchev–Trinajstić information content (AvgIpc) is 3.24. The van der Waals surface area contributed by atoms with Gasteiger partial charge in [0.1, 0.15) is 0 Å². The molecule has 0 fully saturated rings. The van der Waals surface area contributed by atoms with Gasteiger partial charge in [0.25, 0.3) is 0 Å². The van der Waals surface area contributed by atoms with Crippen molar-refractivity contribution in [2.24, 2.45) is 0 Å². The van der Waals surface area contributed by atoms with Crippen LogP contribution in [0, 0.1) is 0 Å². The number of nitrogens with two attached hydrogens (primary N) is 1. The number of ketones is 1. The molecule has 0 bridgehead atoms. The molecule has 0 unspecified atom stereocenters. The monoisotopic (exact) mass is 433 g/mol. The van der Waals surface area contributed by atoms with Gasteiger partial charge in [-0.3, -0.25) is 4.79 Å². The number of ether oxygens (including phenoxy) is 2. The fraction of sp³-hybridized carbons (Fsp3) is 0.190. The summed E-state index contributed by atoms with van der Waals surface area (Å²) in [7, 11) is 3.10. The third-order valence-electron chi connectivity index (χ3n) is 4.22. The number of halogens is 1. The predicted molar refractivity (Wildman–Crippen MR) is 117 cm³/mol. The number of benzene rings is 2. The number of rotatable bonds is 8. The second-order valence-corrected chi connectivity index (χ2v) is 8.52. The van der Waals surface area contributed by atoms with Crippen molar-refractivity contribution in [2.75, 3.05) is 20.0 Å². The van der Waals surface area contributed by atoms with Crippen molar-refractivity contribution in [2.45, 2.75) is 16.6 Å². The molecular weight excluding hydrogens is 414 g/mol. The van der Waals surface area contributed by atoms with Gasteiger partial charge in [0.2, 0.25) is 0 Å². The number of thiophene rings is 1. The standard InChI is InChI=1S/C21H20ClNO3S2/c1-25-16-10-9-13(20(22)21(16)26-2)19(12-15(24)18-8-5-11-27-18)28-17-7-4-3-6-14(17)23/h3-11,19H,12,23H2,1-2H3/t19-/m0/s1. The largest absolute Gasteiger partial charge is 0.493 e. The summed E-state index contributed by atoms with van der Waals surface area (Å²) in [6.45, 7) is 0. The van der Waals surface area contributed by atoms with Crippen molar-refractivity contribution in [1.29, 1.82) is 0 Å². The molecule has 3 rings (SSSR count). The molecule has 0 spiro atoms. The number of methoxy groups -OCH3 is 2. The Kier molecular flexibility index (Phi) is 6.88. The van der Waals surface area contributed by atoms with E-state index in [9.17, 15) is 4.79 Å². The van der Waals surface area contributed by atoms with Gasteiger partial charge in [0.05, 0.1) is 24.1 Å². The Morgan fingerprint density at radius 2 is 1.93 bits per heavy atom. The first-order valence-corrected chi connectivity index (χ1v) is 10.7. The number of anilines is 1. The molecule has 7 heteroatoms. The molecule has 3 aromatic rings. The Bertz CT molecular complexity index is 960. The number of hydrogen-bond acceptors (Lipinski definition) is 6. The van der Waals surface area contributed by atoms with E-state index in [2.05, 4.69) is 0 Å². The quantitative estimate of drug-likeness (QED) is 0.264. The van der Waals surface area contributed by atoms with Crippen LogP contribution in [0.4, 0.5) is 5.69 Å². The Morgan fingerprint density at radius 1 is 1.14 bits per heavy atom. The van der Waals surface area contributed by atoms with Crippen LogP contribution >= 0.6 is 34.7 Å². The van der Waals surface area contributed by atoms with Gasteiger partial charge in [-0.2, -0.15) is 0 Å². The lowest BCUT2D eigenvalue weighted by Gasteiger charge is -2.21. The van der Waals surface area contributed by atoms with Crippen LogP contribution in [-0.4, -0.2) is 20.0 Å². The minimum Gasteiger partial charge on any atom is -0.493 e. The maximum absolute atomic E-state index is 12.8. The van der Waals surface area contributed by atoms with Gasteiger partial charge >= 0.3 is 0 Å². The summed E-state index contributed by atoms with van der Waals surface area (Å²) in [5.74, 6) is 1.06. The molecular formula is C21H20ClNO3S2. The summed E-state index contributed by atoms with van der Waals surface area (Å²) < 4.78 is 10.8. The molecule has 0 saturated heterocycles. The summed E-state index contributed by atoms with van der Waals surface area (Å²) in [6.07, 6.45) is 0.286. The third kappa shape index (κ3) is 4.46. The van der Waals surface area contributed by atoms with E-state index in [1.165, 1.54) is 23.1 Å². The highest BCUT2D eigenvalue weighted by atomic mass is 35.5. The van der Waals surface area contributed by atoms with Crippen molar-refractivity contribution < 1.29 is 14.3 Å². The fourth-order valence-corrected chi connectivity index (χ4v) is 5.15. The van der Waals surface area contributed by atoms with Crippen molar-refractivity contribution in [3.63, 3.8) is 0 Å². The zero-order valence-corrected chi connectivity index (χ0v) is 17.9. The van der Waals surface area contributed by atoms with Crippen LogP contribution in [0.25, 0.3) is 0 Å². The smallest absolute Gasteiger partial charge is 0.179 e. The molecule has 1 aromatic heterocycles. The topological polar surface area (TPSA) is 61.5 Å². The van der Waals surface area contributed by atoms with Crippen molar-refractivity contribution in [3.8, 4) is 11.5 Å². The summed E-state index contributed by atoms with van der Waals surface area (Å²) in [4.78, 5) is 14.4. The minimum atomic E-state index is -0.230. The number of Topliss-reactive ketones (excluding diaryl/α,β-unsaturated/α-hetero) is 1. The van der Waals surface area contributed by atoms with Crippen molar-refractivity contribution in [1.82, 2.24) is 0 Å². The minimum absolute atomic E-state index is 0.0628. The lowest BCUT2D eigenvalue weighted by molar-refractivity contribution is 0.0986. The first kappa shape index (κ1) is 20.6. The predicted octanol–water partition coefficient (Wildman–Crippen LogP) is 6.11. The van der Waals surface area contributed by atoms with Crippen LogP contribution in [-0.2, 0) is 0 Å². The van der Waals surface area contributed by atoms with E-state index >= 15 is 0 Å². The first-order valence-electron chi connectivity index (χ1n) is 8.53. The Labute approximate surface area is 177 Å². The number of carbonyl (C=O) groups is 1. The highest BCUT2D eigenvalue weighted by molar-refractivity contribution is 7.99. The maximum atomic E-state index is 12.8. The number of thioether (sulfide) groups is 1. The lowest BCUT2D eigenvalue weighted by Crippen LogP contribution is -2.06. The molecule has 1 atom stereocenters. The van der Waals surface area contributed by atoms with Gasteiger partial charge in [-0.1, -0.05) is 35.9 Å². The Balaban J connectivity index is 2.00. The second kappa shape index (κ2) is 9.37. The molecule has 0 saturated carbocycles. The molecule has 0 radical (unpaired) electrons. The SMILES string of the molecule is COc1ccc([C@H](CC(=O)c2cccs2)Sc2ccccc2N)c(Cl)c1OC. The van der Waals surface area contributed by atoms with Crippen LogP contribution in [0.3, 0.4) is 0 Å². The zero-order valence-electron chi connectivity index (χ0n) is 15.5. The number of carbonyl (C=O) groups excluding carboxylic acids is 1.